The number of hydrogen-bond acceptors (Lipinski definition) is 4. The Labute approximate surface area is 128 Å². The van der Waals surface area contributed by atoms with E-state index in [1.807, 2.05) is 24.3 Å². The van der Waals surface area contributed by atoms with Gasteiger partial charge in [0, 0.05) is 30.3 Å². The molecule has 112 valence electrons. The Bertz CT molecular complexity index is 649. The summed E-state index contributed by atoms with van der Waals surface area (Å²) in [5, 5.41) is 0.962. The number of hydrogen-bond donors (Lipinski definition) is 1. The molecule has 1 saturated carbocycles. The maximum absolute atomic E-state index is 12.5. The molecule has 2 N–H and O–H groups in total. The van der Waals surface area contributed by atoms with E-state index in [0.29, 0.717) is 23.7 Å². The summed E-state index contributed by atoms with van der Waals surface area (Å²) < 4.78 is 6.63. The first-order valence-electron chi connectivity index (χ1n) is 7.27. The van der Waals surface area contributed by atoms with Gasteiger partial charge >= 0.3 is 0 Å². The van der Waals surface area contributed by atoms with Crippen LogP contribution in [-0.2, 0) is 4.74 Å². The number of carbonyl (C=O) groups is 1. The molecule has 0 aliphatic heterocycles. The quantitative estimate of drug-likeness (QED) is 0.835. The van der Waals surface area contributed by atoms with Crippen molar-refractivity contribution in [2.24, 2.45) is 5.92 Å². The number of anilines is 1. The molecule has 5 heteroatoms. The summed E-state index contributed by atoms with van der Waals surface area (Å²) in [7, 11) is 1.80. The van der Waals surface area contributed by atoms with Crippen LogP contribution in [0.2, 0.25) is 0 Å². The number of rotatable bonds is 6. The zero-order valence-electron chi connectivity index (χ0n) is 12.2. The molecule has 1 amide bonds. The van der Waals surface area contributed by atoms with Gasteiger partial charge in [-0.2, -0.15) is 0 Å². The molecule has 1 aliphatic carbocycles. The predicted molar refractivity (Wildman–Crippen MR) is 86.7 cm³/mol. The lowest BCUT2D eigenvalue weighted by molar-refractivity contribution is 0.0686. The third-order valence-corrected chi connectivity index (χ3v) is 4.97. The Balaban J connectivity index is 1.63. The molecule has 3 rings (SSSR count). The minimum atomic E-state index is -0.0243. The zero-order chi connectivity index (χ0) is 14.8. The van der Waals surface area contributed by atoms with Crippen molar-refractivity contribution >= 4 is 33.0 Å². The summed E-state index contributed by atoms with van der Waals surface area (Å²) in [6.45, 7) is 2.01. The molecule has 2 aromatic rings. The van der Waals surface area contributed by atoms with Crippen LogP contribution in [0.1, 0.15) is 22.5 Å². The van der Waals surface area contributed by atoms with Gasteiger partial charge in [-0.3, -0.25) is 4.79 Å². The Morgan fingerprint density at radius 1 is 1.43 bits per heavy atom. The number of nitrogen functional groups attached to an aromatic ring is 1. The molecule has 0 radical (unpaired) electrons. The summed E-state index contributed by atoms with van der Waals surface area (Å²) >= 11 is 1.46. The topological polar surface area (TPSA) is 55.6 Å². The van der Waals surface area contributed by atoms with E-state index < -0.39 is 0 Å². The summed E-state index contributed by atoms with van der Waals surface area (Å²) in [5.41, 5.74) is 6.70. The van der Waals surface area contributed by atoms with Gasteiger partial charge < -0.3 is 15.4 Å². The highest BCUT2D eigenvalue weighted by Gasteiger charge is 2.22. The summed E-state index contributed by atoms with van der Waals surface area (Å²) in [4.78, 5) is 14.8. The molecule has 0 unspecified atom stereocenters. The van der Waals surface area contributed by atoms with Crippen molar-refractivity contribution in [1.29, 1.82) is 0 Å². The van der Waals surface area contributed by atoms with Gasteiger partial charge in [-0.05, 0) is 24.8 Å². The molecular weight excluding hydrogens is 284 g/mol. The van der Waals surface area contributed by atoms with Crippen LogP contribution in [-0.4, -0.2) is 37.6 Å². The second-order valence-electron chi connectivity index (χ2n) is 5.59. The monoisotopic (exact) mass is 304 g/mol. The number of ether oxygens (including phenoxy) is 1. The van der Waals surface area contributed by atoms with Crippen LogP contribution in [0, 0.1) is 5.92 Å². The lowest BCUT2D eigenvalue weighted by Gasteiger charge is -2.16. The maximum atomic E-state index is 12.5. The fraction of sp³-hybridized carbons (Fsp3) is 0.438. The number of carbonyl (C=O) groups excluding carboxylic acids is 1. The first-order valence-corrected chi connectivity index (χ1v) is 8.08. The summed E-state index contributed by atoms with van der Waals surface area (Å²) in [5.74, 6) is 0.730. The van der Waals surface area contributed by atoms with Gasteiger partial charge in [-0.25, -0.2) is 0 Å². The third kappa shape index (κ3) is 3.19. The molecule has 1 aromatic heterocycles. The smallest absolute Gasteiger partial charge is 0.265 e. The third-order valence-electron chi connectivity index (χ3n) is 3.80. The normalized spacial score (nSPS) is 14.5. The minimum absolute atomic E-state index is 0.0243. The van der Waals surface area contributed by atoms with Crippen molar-refractivity contribution < 1.29 is 9.53 Å². The fourth-order valence-corrected chi connectivity index (χ4v) is 3.35. The number of nitrogens with two attached hydrogens (primary N) is 1. The lowest BCUT2D eigenvalue weighted by atomic mass is 10.2. The van der Waals surface area contributed by atoms with Gasteiger partial charge in [0.05, 0.1) is 12.3 Å². The molecule has 1 aromatic carbocycles. The highest BCUT2D eigenvalue weighted by Crippen LogP contribution is 2.34. The summed E-state index contributed by atoms with van der Waals surface area (Å²) in [6.07, 6.45) is 2.57. The van der Waals surface area contributed by atoms with E-state index in [2.05, 4.69) is 0 Å². The van der Waals surface area contributed by atoms with Crippen molar-refractivity contribution in [3.05, 3.63) is 29.1 Å². The largest absolute Gasteiger partial charge is 0.397 e. The predicted octanol–water partition coefficient (Wildman–Crippen LogP) is 2.98. The molecule has 0 saturated heterocycles. The van der Waals surface area contributed by atoms with Crippen LogP contribution in [0.5, 0.6) is 0 Å². The van der Waals surface area contributed by atoms with Crippen LogP contribution in [0.25, 0.3) is 10.1 Å². The van der Waals surface area contributed by atoms with Crippen LogP contribution in [0.4, 0.5) is 5.69 Å². The van der Waals surface area contributed by atoms with Gasteiger partial charge in [-0.15, -0.1) is 11.3 Å². The van der Waals surface area contributed by atoms with Crippen molar-refractivity contribution in [2.45, 2.75) is 12.8 Å². The Kier molecular flexibility index (Phi) is 4.12. The molecule has 1 fully saturated rings. The van der Waals surface area contributed by atoms with Gasteiger partial charge in [0.1, 0.15) is 4.88 Å². The molecule has 4 nitrogen and oxygen atoms in total. The zero-order valence-corrected chi connectivity index (χ0v) is 13.0. The average molecular weight is 304 g/mol. The summed E-state index contributed by atoms with van der Waals surface area (Å²) in [6, 6.07) is 7.85. The van der Waals surface area contributed by atoms with E-state index in [1.165, 1.54) is 24.2 Å². The number of likely N-dealkylation sites (N-methyl/N-ethyl adjacent to an activating group) is 1. The number of benzene rings is 1. The van der Waals surface area contributed by atoms with E-state index in [0.717, 1.165) is 22.6 Å². The van der Waals surface area contributed by atoms with Gasteiger partial charge in [0.15, 0.2) is 0 Å². The second kappa shape index (κ2) is 6.03. The molecule has 0 spiro atoms. The Morgan fingerprint density at radius 3 is 2.90 bits per heavy atom. The van der Waals surface area contributed by atoms with E-state index in [-0.39, 0.29) is 5.91 Å². The van der Waals surface area contributed by atoms with E-state index in [9.17, 15) is 4.79 Å². The van der Waals surface area contributed by atoms with Crippen molar-refractivity contribution in [2.75, 3.05) is 32.5 Å². The second-order valence-corrected chi connectivity index (χ2v) is 6.64. The van der Waals surface area contributed by atoms with Crippen LogP contribution >= 0.6 is 11.3 Å². The molecular formula is C16H20N2O2S. The lowest BCUT2D eigenvalue weighted by Crippen LogP contribution is -2.30. The van der Waals surface area contributed by atoms with Crippen molar-refractivity contribution in [3.63, 3.8) is 0 Å². The molecule has 21 heavy (non-hydrogen) atoms. The van der Waals surface area contributed by atoms with Crippen LogP contribution < -0.4 is 5.73 Å². The number of nitrogens with zero attached hydrogens (tertiary/aromatic N) is 1. The standard InChI is InChI=1S/C16H20N2O2S/c1-18(8-9-20-10-11-6-7-11)16(19)15-14(17)12-4-2-3-5-13(12)21-15/h2-5,11H,6-10,17H2,1H3. The number of thiophene rings is 1. The van der Waals surface area contributed by atoms with E-state index >= 15 is 0 Å². The van der Waals surface area contributed by atoms with Gasteiger partial charge in [0.25, 0.3) is 5.91 Å². The molecule has 0 bridgehead atoms. The number of fused-ring (bicyclic) bond motifs is 1. The molecule has 1 heterocycles. The van der Waals surface area contributed by atoms with Gasteiger partial charge in [0.2, 0.25) is 0 Å². The molecule has 1 aliphatic rings. The highest BCUT2D eigenvalue weighted by atomic mass is 32.1. The van der Waals surface area contributed by atoms with Crippen molar-refractivity contribution in [3.8, 4) is 0 Å². The number of amides is 1. The van der Waals surface area contributed by atoms with Gasteiger partial charge in [-0.1, -0.05) is 18.2 Å². The van der Waals surface area contributed by atoms with Crippen LogP contribution in [0.3, 0.4) is 0 Å². The maximum Gasteiger partial charge on any atom is 0.265 e. The first-order chi connectivity index (χ1) is 10.2. The SMILES string of the molecule is CN(CCOCC1CC1)C(=O)c1sc2ccccc2c1N. The van der Waals surface area contributed by atoms with Crippen LogP contribution in [0.15, 0.2) is 24.3 Å². The first kappa shape index (κ1) is 14.4. The Hall–Kier alpha value is -1.59. The fourth-order valence-electron chi connectivity index (χ4n) is 2.24. The van der Waals surface area contributed by atoms with E-state index in [4.69, 9.17) is 10.5 Å². The van der Waals surface area contributed by atoms with E-state index in [1.54, 1.807) is 11.9 Å². The molecule has 0 atom stereocenters. The average Bonchev–Trinajstić information content (AvgIpc) is 3.26. The highest BCUT2D eigenvalue weighted by molar-refractivity contribution is 7.21. The Morgan fingerprint density at radius 2 is 2.19 bits per heavy atom. The minimum Gasteiger partial charge on any atom is -0.397 e. The van der Waals surface area contributed by atoms with Crippen molar-refractivity contribution in [1.82, 2.24) is 4.90 Å².